The molecule has 0 nitrogen and oxygen atoms in total. The summed E-state index contributed by atoms with van der Waals surface area (Å²) < 4.78 is 0. The Morgan fingerprint density at radius 2 is 1.12 bits per heavy atom. The highest BCUT2D eigenvalue weighted by Crippen LogP contribution is 2.56. The highest BCUT2D eigenvalue weighted by atomic mass is 14.5. The predicted molar refractivity (Wildman–Crippen MR) is 140 cm³/mol. The van der Waals surface area contributed by atoms with Crippen LogP contribution in [0, 0.1) is 13.8 Å². The van der Waals surface area contributed by atoms with Gasteiger partial charge in [0.2, 0.25) is 0 Å². The Morgan fingerprint density at radius 3 is 1.75 bits per heavy atom. The van der Waals surface area contributed by atoms with Crippen LogP contribution in [0.3, 0.4) is 0 Å². The Kier molecular flexibility index (Phi) is 6.40. The molecule has 1 saturated carbocycles. The number of aryl methyl sites for hydroxylation is 2. The molecule has 0 unspecified atom stereocenters. The molecular weight excluding hydrogens is 384 g/mol. The molecule has 0 heteroatoms. The Bertz CT molecular complexity index is 1070. The van der Waals surface area contributed by atoms with Gasteiger partial charge in [-0.3, -0.25) is 0 Å². The molecule has 0 aromatic heterocycles. The molecule has 2 aliphatic rings. The van der Waals surface area contributed by atoms with E-state index >= 15 is 0 Å². The third kappa shape index (κ3) is 3.91. The zero-order valence-corrected chi connectivity index (χ0v) is 20.3. The fourth-order valence-corrected chi connectivity index (χ4v) is 6.75. The third-order valence-electron chi connectivity index (χ3n) is 8.43. The van der Waals surface area contributed by atoms with Gasteiger partial charge in [-0.1, -0.05) is 125 Å². The van der Waals surface area contributed by atoms with Gasteiger partial charge in [-0.2, -0.15) is 0 Å². The van der Waals surface area contributed by atoms with E-state index in [2.05, 4.69) is 62.4 Å². The SMILES string of the molecule is Cc1ccc2c(c1)C1(CCCCCCCCCCCCC1)c1cc(C)c3ccccc3c1-2. The van der Waals surface area contributed by atoms with Crippen molar-refractivity contribution in [3.05, 3.63) is 70.8 Å². The summed E-state index contributed by atoms with van der Waals surface area (Å²) >= 11 is 0. The average Bonchev–Trinajstić information content (AvgIpc) is 3.06. The van der Waals surface area contributed by atoms with E-state index in [9.17, 15) is 0 Å². The topological polar surface area (TPSA) is 0 Å². The van der Waals surface area contributed by atoms with Crippen LogP contribution in [0.1, 0.15) is 106 Å². The maximum atomic E-state index is 2.58. The van der Waals surface area contributed by atoms with E-state index in [4.69, 9.17) is 0 Å². The van der Waals surface area contributed by atoms with E-state index in [1.54, 1.807) is 16.7 Å². The summed E-state index contributed by atoms with van der Waals surface area (Å²) in [6, 6.07) is 19.0. The van der Waals surface area contributed by atoms with Crippen LogP contribution < -0.4 is 0 Å². The van der Waals surface area contributed by atoms with Crippen LogP contribution in [0.5, 0.6) is 0 Å². The van der Waals surface area contributed by atoms with E-state index in [0.717, 1.165) is 0 Å². The molecule has 3 aromatic rings. The Labute approximate surface area is 195 Å². The fourth-order valence-electron chi connectivity index (χ4n) is 6.75. The molecule has 0 saturated heterocycles. The van der Waals surface area contributed by atoms with Crippen molar-refractivity contribution in [2.24, 2.45) is 0 Å². The van der Waals surface area contributed by atoms with Crippen LogP contribution in [0.15, 0.2) is 48.5 Å². The molecule has 0 radical (unpaired) electrons. The molecule has 0 heterocycles. The van der Waals surface area contributed by atoms with Gasteiger partial charge in [0.15, 0.2) is 0 Å². The number of benzene rings is 3. The zero-order chi connectivity index (χ0) is 22.0. The molecule has 3 aromatic carbocycles. The van der Waals surface area contributed by atoms with Crippen molar-refractivity contribution in [3.8, 4) is 11.1 Å². The number of hydrogen-bond acceptors (Lipinski definition) is 0. The molecule has 1 fully saturated rings. The van der Waals surface area contributed by atoms with Crippen molar-refractivity contribution >= 4 is 10.8 Å². The number of rotatable bonds is 0. The second-order valence-corrected chi connectivity index (χ2v) is 10.7. The minimum atomic E-state index is 0.204. The van der Waals surface area contributed by atoms with Gasteiger partial charge in [-0.25, -0.2) is 0 Å². The summed E-state index contributed by atoms with van der Waals surface area (Å²) in [5, 5.41) is 2.89. The van der Waals surface area contributed by atoms with Gasteiger partial charge in [-0.15, -0.1) is 0 Å². The monoisotopic (exact) mass is 424 g/mol. The van der Waals surface area contributed by atoms with E-state index in [1.807, 2.05) is 0 Å². The van der Waals surface area contributed by atoms with E-state index in [-0.39, 0.29) is 5.41 Å². The normalized spacial score (nSPS) is 19.4. The summed E-state index contributed by atoms with van der Waals surface area (Å²) in [6.07, 6.45) is 18.2. The molecule has 0 bridgehead atoms. The summed E-state index contributed by atoms with van der Waals surface area (Å²) in [5.74, 6) is 0. The Morgan fingerprint density at radius 1 is 0.562 bits per heavy atom. The van der Waals surface area contributed by atoms with Crippen LogP contribution in [0.4, 0.5) is 0 Å². The highest BCUT2D eigenvalue weighted by molar-refractivity contribution is 6.04. The van der Waals surface area contributed by atoms with E-state index in [0.29, 0.717) is 0 Å². The Hall–Kier alpha value is -2.08. The lowest BCUT2D eigenvalue weighted by Crippen LogP contribution is -2.26. The first kappa shape index (κ1) is 21.7. The first-order valence-corrected chi connectivity index (χ1v) is 13.3. The molecule has 0 amide bonds. The van der Waals surface area contributed by atoms with Crippen LogP contribution in [0.25, 0.3) is 21.9 Å². The molecule has 0 atom stereocenters. The molecule has 0 aliphatic heterocycles. The smallest absolute Gasteiger partial charge is 0.0215 e. The van der Waals surface area contributed by atoms with Gasteiger partial charge in [0.05, 0.1) is 0 Å². The standard InChI is InChI=1S/C32H40/c1-24-18-19-28-29(22-24)32(20-14-10-8-6-4-3-5-7-9-11-15-21-32)30-23-25(2)26-16-12-13-17-27(26)31(28)30/h12-13,16-19,22-23H,3-11,14-15,20-21H2,1-2H3. The van der Waals surface area contributed by atoms with Gasteiger partial charge in [0.25, 0.3) is 0 Å². The highest BCUT2D eigenvalue weighted by Gasteiger charge is 2.43. The molecule has 2 aliphatic carbocycles. The largest absolute Gasteiger partial charge is 0.0616 e. The lowest BCUT2D eigenvalue weighted by Gasteiger charge is -2.33. The summed E-state index contributed by atoms with van der Waals surface area (Å²) in [4.78, 5) is 0. The van der Waals surface area contributed by atoms with Crippen molar-refractivity contribution < 1.29 is 0 Å². The van der Waals surface area contributed by atoms with E-state index in [1.165, 1.54) is 111 Å². The summed E-state index contributed by atoms with van der Waals surface area (Å²) in [6.45, 7) is 4.61. The first-order valence-electron chi connectivity index (χ1n) is 13.3. The lowest BCUT2D eigenvalue weighted by atomic mass is 9.70. The van der Waals surface area contributed by atoms with Crippen molar-refractivity contribution in [3.63, 3.8) is 0 Å². The maximum Gasteiger partial charge on any atom is 0.0215 e. The van der Waals surface area contributed by atoms with Gasteiger partial charge in [0.1, 0.15) is 0 Å². The minimum Gasteiger partial charge on any atom is -0.0616 e. The lowest BCUT2D eigenvalue weighted by molar-refractivity contribution is 0.393. The summed E-state index contributed by atoms with van der Waals surface area (Å²) in [5.41, 5.74) is 9.40. The zero-order valence-electron chi connectivity index (χ0n) is 20.3. The molecular formula is C32H40. The quantitative estimate of drug-likeness (QED) is 0.337. The molecule has 168 valence electrons. The van der Waals surface area contributed by atoms with Crippen LogP contribution in [-0.2, 0) is 5.41 Å². The molecule has 5 rings (SSSR count). The van der Waals surface area contributed by atoms with Gasteiger partial charge < -0.3 is 0 Å². The Balaban J connectivity index is 1.65. The van der Waals surface area contributed by atoms with Crippen LogP contribution >= 0.6 is 0 Å². The van der Waals surface area contributed by atoms with Crippen molar-refractivity contribution in [2.75, 3.05) is 0 Å². The van der Waals surface area contributed by atoms with Gasteiger partial charge in [-0.05, 0) is 65.3 Å². The van der Waals surface area contributed by atoms with Crippen molar-refractivity contribution in [1.82, 2.24) is 0 Å². The number of hydrogen-bond donors (Lipinski definition) is 0. The van der Waals surface area contributed by atoms with Crippen molar-refractivity contribution in [1.29, 1.82) is 0 Å². The van der Waals surface area contributed by atoms with E-state index < -0.39 is 0 Å². The van der Waals surface area contributed by atoms with Crippen LogP contribution in [0.2, 0.25) is 0 Å². The molecule has 1 spiro atoms. The molecule has 32 heavy (non-hydrogen) atoms. The van der Waals surface area contributed by atoms with Crippen molar-refractivity contribution in [2.45, 2.75) is 103 Å². The molecule has 0 N–H and O–H groups in total. The summed E-state index contributed by atoms with van der Waals surface area (Å²) in [7, 11) is 0. The second kappa shape index (κ2) is 9.42. The van der Waals surface area contributed by atoms with Gasteiger partial charge in [0, 0.05) is 5.41 Å². The number of fused-ring (bicyclic) bond motifs is 7. The van der Waals surface area contributed by atoms with Gasteiger partial charge >= 0.3 is 0 Å². The maximum absolute atomic E-state index is 2.58. The fraction of sp³-hybridized carbons (Fsp3) is 0.500. The third-order valence-corrected chi connectivity index (χ3v) is 8.43. The average molecular weight is 425 g/mol. The minimum absolute atomic E-state index is 0.204. The second-order valence-electron chi connectivity index (χ2n) is 10.7. The predicted octanol–water partition coefficient (Wildman–Crippen LogP) is 9.81. The van der Waals surface area contributed by atoms with Crippen LogP contribution in [-0.4, -0.2) is 0 Å². The first-order chi connectivity index (χ1) is 15.7.